The third-order valence-corrected chi connectivity index (χ3v) is 7.18. The quantitative estimate of drug-likeness (QED) is 0.333. The van der Waals surface area contributed by atoms with Crippen molar-refractivity contribution in [1.29, 1.82) is 0 Å². The van der Waals surface area contributed by atoms with Crippen LogP contribution < -0.4 is 15.4 Å². The van der Waals surface area contributed by atoms with Gasteiger partial charge in [-0.15, -0.1) is 0 Å². The topological polar surface area (TPSA) is 78.8 Å². The van der Waals surface area contributed by atoms with Crippen LogP contribution in [0.15, 0.2) is 60.7 Å². The van der Waals surface area contributed by atoms with E-state index in [0.29, 0.717) is 6.54 Å². The molecule has 1 fully saturated rings. The molecule has 0 bridgehead atoms. The average Bonchev–Trinajstić information content (AvgIpc) is 3.22. The molecule has 0 spiro atoms. The Morgan fingerprint density at radius 3 is 2.56 bits per heavy atom. The summed E-state index contributed by atoms with van der Waals surface area (Å²) in [5, 5.41) is 18.7. The number of para-hydroxylation sites is 2. The number of hydrogen-bond acceptors (Lipinski definition) is 5. The van der Waals surface area contributed by atoms with Gasteiger partial charge in [-0.05, 0) is 50.1 Å². The summed E-state index contributed by atoms with van der Waals surface area (Å²) in [5.41, 5.74) is 4.92. The molecule has 7 heteroatoms. The number of rotatable bonds is 8. The largest absolute Gasteiger partial charge is 0.495 e. The Balaban J connectivity index is 1.20. The minimum absolute atomic E-state index is 0.00674. The second-order valence-corrected chi connectivity index (χ2v) is 9.39. The molecule has 7 nitrogen and oxygen atoms in total. The highest BCUT2D eigenvalue weighted by atomic mass is 16.5. The highest BCUT2D eigenvalue weighted by molar-refractivity contribution is 6.09. The Hall–Kier alpha value is -3.55. The van der Waals surface area contributed by atoms with E-state index in [4.69, 9.17) is 4.74 Å². The number of aryl methyl sites for hydroxylation is 1. The molecule has 0 saturated carbocycles. The molecule has 4 aromatic rings. The fraction of sp³-hybridized carbons (Fsp3) is 0.345. The monoisotopic (exact) mass is 486 g/mol. The van der Waals surface area contributed by atoms with Crippen LogP contribution in [0.2, 0.25) is 0 Å². The Labute approximate surface area is 211 Å². The van der Waals surface area contributed by atoms with Gasteiger partial charge in [-0.1, -0.05) is 30.3 Å². The van der Waals surface area contributed by atoms with Crippen molar-refractivity contribution in [3.05, 3.63) is 66.2 Å². The molecule has 0 atom stereocenters. The molecule has 1 aliphatic heterocycles. The summed E-state index contributed by atoms with van der Waals surface area (Å²) >= 11 is 0. The summed E-state index contributed by atoms with van der Waals surface area (Å²) in [6, 6.07) is 20.6. The maximum atomic E-state index is 12.9. The summed E-state index contributed by atoms with van der Waals surface area (Å²) in [4.78, 5) is 15.1. The highest BCUT2D eigenvalue weighted by Gasteiger charge is 2.23. The second-order valence-electron chi connectivity index (χ2n) is 9.39. The minimum atomic E-state index is -0.0384. The van der Waals surface area contributed by atoms with E-state index >= 15 is 0 Å². The third kappa shape index (κ3) is 4.76. The number of hydrogen-bond donors (Lipinski definition) is 3. The first-order valence-corrected chi connectivity index (χ1v) is 12.7. The van der Waals surface area contributed by atoms with Gasteiger partial charge in [-0.25, -0.2) is 0 Å². The smallest absolute Gasteiger partial charge is 0.238 e. The average molecular weight is 487 g/mol. The number of amides is 1. The molecule has 0 aliphatic carbocycles. The van der Waals surface area contributed by atoms with Gasteiger partial charge in [0.05, 0.1) is 25.9 Å². The van der Waals surface area contributed by atoms with Gasteiger partial charge >= 0.3 is 0 Å². The predicted molar refractivity (Wildman–Crippen MR) is 146 cm³/mol. The number of benzene rings is 3. The summed E-state index contributed by atoms with van der Waals surface area (Å²) in [6.45, 7) is 5.05. The van der Waals surface area contributed by atoms with Gasteiger partial charge in [-0.2, -0.15) is 0 Å². The first kappa shape index (κ1) is 24.2. The van der Waals surface area contributed by atoms with E-state index in [2.05, 4.69) is 63.4 Å². The van der Waals surface area contributed by atoms with Crippen LogP contribution in [-0.2, 0) is 17.9 Å². The van der Waals surface area contributed by atoms with Crippen LogP contribution in [0.25, 0.3) is 21.8 Å². The number of aliphatic hydroxyl groups excluding tert-OH is 1. The predicted octanol–water partition coefficient (Wildman–Crippen LogP) is 4.83. The first-order valence-electron chi connectivity index (χ1n) is 12.7. The van der Waals surface area contributed by atoms with Crippen molar-refractivity contribution < 1.29 is 14.6 Å². The molecule has 1 amide bonds. The maximum Gasteiger partial charge on any atom is 0.238 e. The first-order chi connectivity index (χ1) is 17.6. The Bertz CT molecular complexity index is 1350. The van der Waals surface area contributed by atoms with Gasteiger partial charge in [0, 0.05) is 58.7 Å². The van der Waals surface area contributed by atoms with Crippen molar-refractivity contribution in [3.63, 3.8) is 0 Å². The number of ether oxygens (including phenoxy) is 1. The number of carbonyl (C=O) groups excluding carboxylic acids is 1. The number of carbonyl (C=O) groups is 1. The number of aliphatic hydroxyl groups is 1. The molecular weight excluding hydrogens is 452 g/mol. The van der Waals surface area contributed by atoms with E-state index in [1.807, 2.05) is 24.3 Å². The van der Waals surface area contributed by atoms with E-state index in [1.165, 1.54) is 16.4 Å². The van der Waals surface area contributed by atoms with E-state index < -0.39 is 0 Å². The molecular formula is C29H34N4O3. The van der Waals surface area contributed by atoms with Crippen LogP contribution in [0.5, 0.6) is 5.75 Å². The lowest BCUT2D eigenvalue weighted by Gasteiger charge is -2.33. The molecule has 36 heavy (non-hydrogen) atoms. The van der Waals surface area contributed by atoms with Gasteiger partial charge in [0.25, 0.3) is 0 Å². The number of nitrogens with one attached hydrogen (secondary N) is 2. The Morgan fingerprint density at radius 1 is 1.03 bits per heavy atom. The van der Waals surface area contributed by atoms with E-state index in [1.54, 1.807) is 7.11 Å². The van der Waals surface area contributed by atoms with E-state index in [0.717, 1.165) is 60.5 Å². The zero-order valence-electron chi connectivity index (χ0n) is 21.0. The van der Waals surface area contributed by atoms with Crippen molar-refractivity contribution in [3.8, 4) is 5.75 Å². The lowest BCUT2D eigenvalue weighted by molar-refractivity contribution is -0.117. The number of methoxy groups -OCH3 is 1. The van der Waals surface area contributed by atoms with E-state index in [-0.39, 0.29) is 18.6 Å². The molecule has 3 aromatic carbocycles. The molecule has 3 N–H and O–H groups in total. The van der Waals surface area contributed by atoms with E-state index in [9.17, 15) is 9.90 Å². The van der Waals surface area contributed by atoms with Gasteiger partial charge < -0.3 is 25.0 Å². The van der Waals surface area contributed by atoms with Crippen LogP contribution in [-0.4, -0.2) is 53.3 Å². The second kappa shape index (κ2) is 10.6. The third-order valence-electron chi connectivity index (χ3n) is 7.18. The van der Waals surface area contributed by atoms with Crippen LogP contribution in [0.3, 0.4) is 0 Å². The van der Waals surface area contributed by atoms with Crippen LogP contribution in [0.4, 0.5) is 11.4 Å². The molecule has 0 unspecified atom stereocenters. The van der Waals surface area contributed by atoms with Crippen molar-refractivity contribution in [2.45, 2.75) is 39.0 Å². The van der Waals surface area contributed by atoms with Crippen LogP contribution in [0, 0.1) is 0 Å². The lowest BCUT2D eigenvalue weighted by Crippen LogP contribution is -2.42. The number of nitrogens with zero attached hydrogens (tertiary/aromatic N) is 2. The van der Waals surface area contributed by atoms with Crippen molar-refractivity contribution >= 4 is 39.1 Å². The van der Waals surface area contributed by atoms with Gasteiger partial charge in [0.2, 0.25) is 5.91 Å². The molecule has 1 aliphatic rings. The molecule has 188 valence electrons. The Morgan fingerprint density at radius 2 is 1.81 bits per heavy atom. The fourth-order valence-corrected chi connectivity index (χ4v) is 5.36. The summed E-state index contributed by atoms with van der Waals surface area (Å²) < 4.78 is 7.79. The number of aromatic nitrogens is 1. The zero-order valence-corrected chi connectivity index (χ0v) is 21.0. The van der Waals surface area contributed by atoms with Gasteiger partial charge in [0.15, 0.2) is 0 Å². The van der Waals surface area contributed by atoms with Crippen molar-refractivity contribution in [2.75, 3.05) is 37.4 Å². The minimum Gasteiger partial charge on any atom is -0.495 e. The zero-order chi connectivity index (χ0) is 25.1. The molecule has 0 radical (unpaired) electrons. The molecule has 5 rings (SSSR count). The normalized spacial score (nSPS) is 14.9. The Kier molecular flexibility index (Phi) is 7.11. The fourth-order valence-electron chi connectivity index (χ4n) is 5.36. The standard InChI is InChI=1S/C29H34N4O3/c1-3-33-25-9-5-4-8-23(25)24-17-22(11-12-26(24)33)30-28(35)18-32-15-13-21(14-16-32)31-29-20(19-34)7-6-10-27(29)36-2/h4-12,17,21,31,34H,3,13-16,18-19H2,1-2H3,(H,30,35). The molecule has 1 saturated heterocycles. The number of fused-ring (bicyclic) bond motifs is 3. The van der Waals surface area contributed by atoms with Crippen LogP contribution >= 0.6 is 0 Å². The summed E-state index contributed by atoms with van der Waals surface area (Å²) in [6.07, 6.45) is 1.83. The van der Waals surface area contributed by atoms with Crippen LogP contribution in [0.1, 0.15) is 25.3 Å². The number of piperidine rings is 1. The number of anilines is 2. The lowest BCUT2D eigenvalue weighted by atomic mass is 10.0. The summed E-state index contributed by atoms with van der Waals surface area (Å²) in [5.74, 6) is 0.745. The summed E-state index contributed by atoms with van der Waals surface area (Å²) in [7, 11) is 1.64. The molecule has 2 heterocycles. The van der Waals surface area contributed by atoms with Crippen molar-refractivity contribution in [1.82, 2.24) is 9.47 Å². The number of likely N-dealkylation sites (tertiary alicyclic amines) is 1. The SMILES string of the molecule is CCn1c2ccccc2c2cc(NC(=O)CN3CCC(Nc4c(CO)cccc4OC)CC3)ccc21. The van der Waals surface area contributed by atoms with Crippen molar-refractivity contribution in [2.24, 2.45) is 0 Å². The highest BCUT2D eigenvalue weighted by Crippen LogP contribution is 2.32. The van der Waals surface area contributed by atoms with Gasteiger partial charge in [0.1, 0.15) is 5.75 Å². The van der Waals surface area contributed by atoms with Gasteiger partial charge in [-0.3, -0.25) is 9.69 Å². The maximum absolute atomic E-state index is 12.9. The molecule has 1 aromatic heterocycles.